The zero-order chi connectivity index (χ0) is 22.1. The first-order valence-electron chi connectivity index (χ1n) is 10.7. The van der Waals surface area contributed by atoms with Crippen LogP contribution in [0, 0.1) is 5.92 Å². The van der Waals surface area contributed by atoms with Crippen LogP contribution in [0.4, 0.5) is 0 Å². The average molecular weight is 434 g/mol. The van der Waals surface area contributed by atoms with Crippen LogP contribution in [0.5, 0.6) is 0 Å². The number of benzene rings is 1. The summed E-state index contributed by atoms with van der Waals surface area (Å²) in [5.41, 5.74) is 0.208. The van der Waals surface area contributed by atoms with Crippen molar-refractivity contribution in [1.82, 2.24) is 14.2 Å². The molecule has 1 aromatic carbocycles. The van der Waals surface area contributed by atoms with E-state index >= 15 is 0 Å². The van der Waals surface area contributed by atoms with Crippen molar-refractivity contribution in [2.75, 3.05) is 13.1 Å². The number of nitrogens with zero attached hydrogens (tertiary/aromatic N) is 2. The van der Waals surface area contributed by atoms with Crippen molar-refractivity contribution in [2.45, 2.75) is 64.4 Å². The van der Waals surface area contributed by atoms with Gasteiger partial charge in [0.1, 0.15) is 5.56 Å². The molecule has 0 aliphatic carbocycles. The van der Waals surface area contributed by atoms with Gasteiger partial charge >= 0.3 is 0 Å². The van der Waals surface area contributed by atoms with E-state index in [2.05, 4.69) is 12.2 Å². The maximum absolute atomic E-state index is 13.1. The van der Waals surface area contributed by atoms with Gasteiger partial charge in [0.05, 0.1) is 10.4 Å². The lowest BCUT2D eigenvalue weighted by Gasteiger charge is -2.29. The number of hydrogen-bond donors (Lipinski definition) is 1. The molecule has 7 nitrogen and oxygen atoms in total. The first-order valence-corrected chi connectivity index (χ1v) is 12.1. The molecule has 1 saturated heterocycles. The molecule has 0 saturated carbocycles. The van der Waals surface area contributed by atoms with E-state index in [0.717, 1.165) is 19.3 Å². The molecule has 1 amide bonds. The predicted molar refractivity (Wildman–Crippen MR) is 118 cm³/mol. The highest BCUT2D eigenvalue weighted by atomic mass is 32.2. The van der Waals surface area contributed by atoms with E-state index in [1.165, 1.54) is 10.4 Å². The number of fused-ring (bicyclic) bond motifs is 1. The lowest BCUT2D eigenvalue weighted by Crippen LogP contribution is -2.38. The van der Waals surface area contributed by atoms with Crippen LogP contribution in [0.15, 0.2) is 34.1 Å². The zero-order valence-electron chi connectivity index (χ0n) is 18.1. The van der Waals surface area contributed by atoms with E-state index in [-0.39, 0.29) is 21.9 Å². The smallest absolute Gasteiger partial charge is 0.256 e. The number of piperidine rings is 1. The molecule has 2 aromatic rings. The molecule has 0 unspecified atom stereocenters. The number of sulfonamides is 1. The Balaban J connectivity index is 2.09. The molecule has 2 heterocycles. The van der Waals surface area contributed by atoms with E-state index < -0.39 is 21.4 Å². The van der Waals surface area contributed by atoms with Crippen LogP contribution in [-0.2, 0) is 16.6 Å². The quantitative estimate of drug-likeness (QED) is 0.759. The molecule has 1 aliphatic heterocycles. The molecule has 1 aromatic heterocycles. The third-order valence-electron chi connectivity index (χ3n) is 6.01. The van der Waals surface area contributed by atoms with E-state index in [4.69, 9.17) is 0 Å². The van der Waals surface area contributed by atoms with Crippen molar-refractivity contribution in [2.24, 2.45) is 5.92 Å². The van der Waals surface area contributed by atoms with Gasteiger partial charge in [-0.2, -0.15) is 4.31 Å². The number of carbonyl (C=O) groups excluding carboxylic acids is 1. The number of rotatable bonds is 6. The van der Waals surface area contributed by atoms with Gasteiger partial charge in [0.2, 0.25) is 15.5 Å². The highest BCUT2D eigenvalue weighted by Crippen LogP contribution is 2.25. The van der Waals surface area contributed by atoms with Gasteiger partial charge in [0.25, 0.3) is 5.91 Å². The van der Waals surface area contributed by atoms with E-state index in [0.29, 0.717) is 31.1 Å². The molecule has 1 N–H and O–H groups in total. The van der Waals surface area contributed by atoms with Gasteiger partial charge in [-0.1, -0.05) is 13.8 Å². The Kier molecular flexibility index (Phi) is 6.67. The van der Waals surface area contributed by atoms with E-state index in [1.807, 2.05) is 20.8 Å². The summed E-state index contributed by atoms with van der Waals surface area (Å²) >= 11 is 0. The van der Waals surface area contributed by atoms with Crippen LogP contribution in [0.1, 0.15) is 57.3 Å². The minimum Gasteiger partial charge on any atom is -0.349 e. The van der Waals surface area contributed by atoms with Gasteiger partial charge in [0, 0.05) is 37.3 Å². The topological polar surface area (TPSA) is 88.5 Å². The average Bonchev–Trinajstić information content (AvgIpc) is 2.74. The second-order valence-corrected chi connectivity index (χ2v) is 10.1. The zero-order valence-corrected chi connectivity index (χ0v) is 19.0. The summed E-state index contributed by atoms with van der Waals surface area (Å²) in [5.74, 6) is 0.0770. The summed E-state index contributed by atoms with van der Waals surface area (Å²) in [6.07, 6.45) is 3.96. The molecule has 8 heteroatoms. The molecule has 3 rings (SSSR count). The Morgan fingerprint density at radius 1 is 1.23 bits per heavy atom. The van der Waals surface area contributed by atoms with Crippen molar-refractivity contribution in [3.8, 4) is 0 Å². The third-order valence-corrected chi connectivity index (χ3v) is 7.90. The summed E-state index contributed by atoms with van der Waals surface area (Å²) in [7, 11) is -3.68. The van der Waals surface area contributed by atoms with Crippen molar-refractivity contribution >= 4 is 26.8 Å². The number of aromatic nitrogens is 1. The highest BCUT2D eigenvalue weighted by Gasteiger charge is 2.29. The standard InChI is InChI=1S/C22H31N3O4S/c1-5-16(4)23-22(27)19-14-24(6-2)20-8-7-17(13-18(20)21(19)26)30(28,29)25-11-9-15(3)10-12-25/h7-8,13-16H,5-6,9-12H2,1-4H3,(H,23,27)/t16-/m1/s1. The third kappa shape index (κ3) is 4.30. The van der Waals surface area contributed by atoms with Crippen molar-refractivity contribution in [3.05, 3.63) is 40.2 Å². The van der Waals surface area contributed by atoms with Crippen molar-refractivity contribution in [1.29, 1.82) is 0 Å². The number of hydrogen-bond acceptors (Lipinski definition) is 4. The van der Waals surface area contributed by atoms with Crippen LogP contribution < -0.4 is 10.7 Å². The fraction of sp³-hybridized carbons (Fsp3) is 0.545. The Bertz CT molecular complexity index is 1100. The number of amides is 1. The molecule has 30 heavy (non-hydrogen) atoms. The Morgan fingerprint density at radius 3 is 2.50 bits per heavy atom. The summed E-state index contributed by atoms with van der Waals surface area (Å²) in [4.78, 5) is 25.9. The summed E-state index contributed by atoms with van der Waals surface area (Å²) < 4.78 is 29.6. The molecule has 0 radical (unpaired) electrons. The van der Waals surface area contributed by atoms with E-state index in [1.54, 1.807) is 22.9 Å². The number of carbonyl (C=O) groups is 1. The molecular formula is C22H31N3O4S. The maximum atomic E-state index is 13.1. The summed E-state index contributed by atoms with van der Waals surface area (Å²) in [6, 6.07) is 4.59. The number of nitrogens with one attached hydrogen (secondary N) is 1. The second kappa shape index (κ2) is 8.89. The SMILES string of the molecule is CC[C@@H](C)NC(=O)c1cn(CC)c2ccc(S(=O)(=O)N3CCC(C)CC3)cc2c1=O. The summed E-state index contributed by atoms with van der Waals surface area (Å²) in [6.45, 7) is 9.39. The fourth-order valence-electron chi connectivity index (χ4n) is 3.74. The van der Waals surface area contributed by atoms with E-state index in [9.17, 15) is 18.0 Å². The molecule has 1 fully saturated rings. The normalized spacial score (nSPS) is 17.2. The van der Waals surface area contributed by atoms with Crippen LogP contribution in [-0.4, -0.2) is 42.3 Å². The summed E-state index contributed by atoms with van der Waals surface area (Å²) in [5, 5.41) is 3.07. The van der Waals surface area contributed by atoms with Crippen LogP contribution in [0.2, 0.25) is 0 Å². The number of aryl methyl sites for hydroxylation is 1. The lowest BCUT2D eigenvalue weighted by atomic mass is 10.0. The first kappa shape index (κ1) is 22.5. The molecule has 0 bridgehead atoms. The Labute approximate surface area is 178 Å². The van der Waals surface area contributed by atoms with Gasteiger partial charge < -0.3 is 9.88 Å². The minimum atomic E-state index is -3.68. The van der Waals surface area contributed by atoms with Crippen molar-refractivity contribution in [3.63, 3.8) is 0 Å². The maximum Gasteiger partial charge on any atom is 0.256 e. The Morgan fingerprint density at radius 2 is 1.90 bits per heavy atom. The molecule has 1 aliphatic rings. The minimum absolute atomic E-state index is 0.0333. The molecule has 1 atom stereocenters. The largest absolute Gasteiger partial charge is 0.349 e. The van der Waals surface area contributed by atoms with Crippen LogP contribution in [0.25, 0.3) is 10.9 Å². The lowest BCUT2D eigenvalue weighted by molar-refractivity contribution is 0.0937. The fourth-order valence-corrected chi connectivity index (χ4v) is 5.23. The molecule has 0 spiro atoms. The van der Waals surface area contributed by atoms with Gasteiger partial charge in [0.15, 0.2) is 0 Å². The van der Waals surface area contributed by atoms with Gasteiger partial charge in [-0.25, -0.2) is 8.42 Å². The molecule has 164 valence electrons. The van der Waals surface area contributed by atoms with Crippen LogP contribution >= 0.6 is 0 Å². The monoisotopic (exact) mass is 433 g/mol. The Hall–Kier alpha value is -2.19. The van der Waals surface area contributed by atoms with Crippen molar-refractivity contribution < 1.29 is 13.2 Å². The predicted octanol–water partition coefficient (Wildman–Crippen LogP) is 2.97. The molecular weight excluding hydrogens is 402 g/mol. The highest BCUT2D eigenvalue weighted by molar-refractivity contribution is 7.89. The van der Waals surface area contributed by atoms with Gasteiger partial charge in [-0.15, -0.1) is 0 Å². The number of pyridine rings is 1. The van der Waals surface area contributed by atoms with Gasteiger partial charge in [-0.3, -0.25) is 9.59 Å². The van der Waals surface area contributed by atoms with Crippen LogP contribution in [0.3, 0.4) is 0 Å². The van der Waals surface area contributed by atoms with Gasteiger partial charge in [-0.05, 0) is 57.2 Å². The second-order valence-electron chi connectivity index (χ2n) is 8.21. The first-order chi connectivity index (χ1) is 14.2.